The van der Waals surface area contributed by atoms with E-state index in [4.69, 9.17) is 19.9 Å². The Balaban J connectivity index is 1.78. The normalized spacial score (nSPS) is 12.2. The molecule has 2 atom stereocenters. The molecule has 0 saturated heterocycles. The van der Waals surface area contributed by atoms with Gasteiger partial charge in [0.1, 0.15) is 11.9 Å². The van der Waals surface area contributed by atoms with Gasteiger partial charge in [0.05, 0.1) is 33.8 Å². The summed E-state index contributed by atoms with van der Waals surface area (Å²) in [6.07, 6.45) is 0.506. The van der Waals surface area contributed by atoms with Crippen molar-refractivity contribution in [2.45, 2.75) is 42.5 Å². The zero-order valence-electron chi connectivity index (χ0n) is 26.1. The number of nitrogens with one attached hydrogen (secondary N) is 3. The fourth-order valence-corrected chi connectivity index (χ4v) is 5.88. The van der Waals surface area contributed by atoms with Gasteiger partial charge in [0.25, 0.3) is 0 Å². The van der Waals surface area contributed by atoms with E-state index < -0.39 is 36.5 Å². The molecule has 2 amide bonds. The molecule has 4 rings (SSSR count). The minimum atomic E-state index is -1.12. The van der Waals surface area contributed by atoms with Crippen LogP contribution < -0.4 is 31.2 Å². The maximum absolute atomic E-state index is 14.3. The third-order valence-electron chi connectivity index (χ3n) is 6.98. The molecular formula is C33H37N5O7S. The Morgan fingerprint density at radius 1 is 0.935 bits per heavy atom. The molecule has 0 radical (unpaired) electrons. The Labute approximate surface area is 271 Å². The number of ether oxygens (including phenoxy) is 3. The molecule has 4 aromatic rings. The third-order valence-corrected chi connectivity index (χ3v) is 8.08. The number of hydrogen-bond acceptors (Lipinski definition) is 10. The van der Waals surface area contributed by atoms with Crippen LogP contribution in [0.5, 0.6) is 11.5 Å². The summed E-state index contributed by atoms with van der Waals surface area (Å²) in [6, 6.07) is 15.5. The highest BCUT2D eigenvalue weighted by atomic mass is 32.2. The number of fused-ring (bicyclic) bond motifs is 1. The van der Waals surface area contributed by atoms with Crippen LogP contribution in [0.3, 0.4) is 0 Å². The maximum atomic E-state index is 14.3. The number of carbonyl (C=O) groups excluding carboxylic acids is 2. The van der Waals surface area contributed by atoms with Gasteiger partial charge in [-0.05, 0) is 71.1 Å². The summed E-state index contributed by atoms with van der Waals surface area (Å²) in [7, 11) is 4.26. The molecule has 1 unspecified atom stereocenters. The monoisotopic (exact) mass is 647 g/mol. The van der Waals surface area contributed by atoms with Crippen LogP contribution in [0.4, 0.5) is 22.0 Å². The maximum Gasteiger partial charge on any atom is 0.411 e. The lowest BCUT2D eigenvalue weighted by molar-refractivity contribution is -0.137. The van der Waals surface area contributed by atoms with Gasteiger partial charge in [-0.25, -0.2) is 9.78 Å². The van der Waals surface area contributed by atoms with Crippen molar-refractivity contribution in [1.29, 1.82) is 0 Å². The van der Waals surface area contributed by atoms with Crippen molar-refractivity contribution in [3.63, 3.8) is 0 Å². The number of carbonyl (C=O) groups is 3. The SMILES string of the molecule is COC(=O)Nc1ccc(SC(C)C)c([C@@H](CC(=O)O)NC(=O)C(Nc2ccc3c(N)nccc3c2)c2ccc(OC)c(OC)c2)c1. The molecule has 0 bridgehead atoms. The molecule has 3 aromatic carbocycles. The predicted molar refractivity (Wildman–Crippen MR) is 179 cm³/mol. The average Bonchev–Trinajstić information content (AvgIpc) is 3.03. The van der Waals surface area contributed by atoms with Crippen LogP contribution in [0.15, 0.2) is 71.8 Å². The zero-order chi connectivity index (χ0) is 33.4. The molecule has 0 aliphatic carbocycles. The van der Waals surface area contributed by atoms with Crippen LogP contribution in [0.25, 0.3) is 10.8 Å². The second-order valence-corrected chi connectivity index (χ2v) is 12.1. The minimum absolute atomic E-state index is 0.151. The van der Waals surface area contributed by atoms with Crippen molar-refractivity contribution in [2.24, 2.45) is 0 Å². The van der Waals surface area contributed by atoms with Crippen molar-refractivity contribution in [1.82, 2.24) is 10.3 Å². The fraction of sp³-hybridized carbons (Fsp3) is 0.273. The molecular weight excluding hydrogens is 610 g/mol. The van der Waals surface area contributed by atoms with E-state index in [1.54, 1.807) is 48.7 Å². The summed E-state index contributed by atoms with van der Waals surface area (Å²) >= 11 is 1.51. The van der Waals surface area contributed by atoms with Gasteiger partial charge in [0.15, 0.2) is 11.5 Å². The van der Waals surface area contributed by atoms with Gasteiger partial charge < -0.3 is 35.7 Å². The second kappa shape index (κ2) is 15.2. The van der Waals surface area contributed by atoms with Crippen molar-refractivity contribution in [3.05, 3.63) is 78.0 Å². The van der Waals surface area contributed by atoms with Gasteiger partial charge in [0, 0.05) is 33.1 Å². The van der Waals surface area contributed by atoms with Crippen LogP contribution in [0.1, 0.15) is 43.5 Å². The molecule has 0 aliphatic rings. The molecule has 12 nitrogen and oxygen atoms in total. The lowest BCUT2D eigenvalue weighted by Gasteiger charge is -2.26. The Morgan fingerprint density at radius 3 is 2.35 bits per heavy atom. The number of nitrogens with zero attached hydrogens (tertiary/aromatic N) is 1. The van der Waals surface area contributed by atoms with Crippen molar-refractivity contribution >= 4 is 57.7 Å². The van der Waals surface area contributed by atoms with Crippen molar-refractivity contribution in [3.8, 4) is 11.5 Å². The highest BCUT2D eigenvalue weighted by Crippen LogP contribution is 2.36. The second-order valence-electron chi connectivity index (χ2n) is 10.5. The Kier molecular flexibility index (Phi) is 11.2. The number of aliphatic carboxylic acids is 1. The quantitative estimate of drug-likeness (QED) is 0.108. The highest BCUT2D eigenvalue weighted by Gasteiger charge is 2.28. The van der Waals surface area contributed by atoms with Crippen LogP contribution in [-0.2, 0) is 14.3 Å². The van der Waals surface area contributed by atoms with Crippen LogP contribution in [-0.4, -0.2) is 54.6 Å². The summed E-state index contributed by atoms with van der Waals surface area (Å²) < 4.78 is 15.6. The molecule has 6 N–H and O–H groups in total. The molecule has 1 aromatic heterocycles. The van der Waals surface area contributed by atoms with Crippen LogP contribution in [0.2, 0.25) is 0 Å². The number of hydrogen-bond donors (Lipinski definition) is 5. The molecule has 242 valence electrons. The highest BCUT2D eigenvalue weighted by molar-refractivity contribution is 8.00. The van der Waals surface area contributed by atoms with Gasteiger partial charge in [-0.1, -0.05) is 19.9 Å². The predicted octanol–water partition coefficient (Wildman–Crippen LogP) is 6.00. The standard InChI is InChI=1S/C33H37N5O7S/c1-18(2)46-28-11-8-22(37-33(42)45-5)16-24(28)25(17-29(39)40)38-32(41)30(20-6-10-26(43-3)27(15-20)44-4)36-21-7-9-23-19(14-21)12-13-35-31(23)34/h6-16,18,25,30,36H,17H2,1-5H3,(H2,34,35)(H,37,42)(H,38,41)(H,39,40)/t25-,30?/m1/s1. The molecule has 0 fully saturated rings. The fourth-order valence-electron chi connectivity index (χ4n) is 4.89. The first kappa shape index (κ1) is 33.7. The van der Waals surface area contributed by atoms with Gasteiger partial charge in [0.2, 0.25) is 5.91 Å². The van der Waals surface area contributed by atoms with E-state index in [-0.39, 0.29) is 5.25 Å². The number of benzene rings is 3. The van der Waals surface area contributed by atoms with Gasteiger partial charge in [-0.2, -0.15) is 0 Å². The number of nitrogen functional groups attached to an aromatic ring is 1. The first-order valence-electron chi connectivity index (χ1n) is 14.3. The zero-order valence-corrected chi connectivity index (χ0v) is 26.9. The van der Waals surface area contributed by atoms with E-state index in [9.17, 15) is 19.5 Å². The lowest BCUT2D eigenvalue weighted by atomic mass is 10.00. The molecule has 0 saturated carbocycles. The van der Waals surface area contributed by atoms with E-state index in [0.29, 0.717) is 39.8 Å². The summed E-state index contributed by atoms with van der Waals surface area (Å²) in [4.78, 5) is 43.2. The number of anilines is 3. The van der Waals surface area contributed by atoms with Crippen LogP contribution in [0, 0.1) is 0 Å². The lowest BCUT2D eigenvalue weighted by Crippen LogP contribution is -2.37. The van der Waals surface area contributed by atoms with Gasteiger partial charge in [-0.3, -0.25) is 14.9 Å². The Bertz CT molecular complexity index is 1730. The number of aromatic nitrogens is 1. The molecule has 46 heavy (non-hydrogen) atoms. The number of amides is 2. The molecule has 0 spiro atoms. The van der Waals surface area contributed by atoms with E-state index in [1.807, 2.05) is 32.0 Å². The summed E-state index contributed by atoms with van der Waals surface area (Å²) in [5.41, 5.74) is 8.11. The van der Waals surface area contributed by atoms with E-state index in [0.717, 1.165) is 15.7 Å². The van der Waals surface area contributed by atoms with E-state index >= 15 is 0 Å². The summed E-state index contributed by atoms with van der Waals surface area (Å²) in [6.45, 7) is 4.01. The minimum Gasteiger partial charge on any atom is -0.493 e. The number of carboxylic acids is 1. The first-order chi connectivity index (χ1) is 22.0. The van der Waals surface area contributed by atoms with E-state index in [1.165, 1.54) is 33.1 Å². The smallest absolute Gasteiger partial charge is 0.411 e. The first-order valence-corrected chi connectivity index (χ1v) is 15.2. The number of pyridine rings is 1. The van der Waals surface area contributed by atoms with E-state index in [2.05, 4.69) is 20.9 Å². The number of methoxy groups -OCH3 is 3. The number of rotatable bonds is 13. The average molecular weight is 648 g/mol. The van der Waals surface area contributed by atoms with Gasteiger partial charge in [-0.15, -0.1) is 11.8 Å². The number of carboxylic acid groups (broad SMARTS) is 1. The largest absolute Gasteiger partial charge is 0.493 e. The summed E-state index contributed by atoms with van der Waals surface area (Å²) in [5.74, 6) is -0.341. The Hall–Kier alpha value is -5.17. The molecule has 1 heterocycles. The van der Waals surface area contributed by atoms with Crippen molar-refractivity contribution < 1.29 is 33.7 Å². The molecule has 13 heteroatoms. The third kappa shape index (κ3) is 8.30. The van der Waals surface area contributed by atoms with Gasteiger partial charge >= 0.3 is 12.1 Å². The molecule has 0 aliphatic heterocycles. The van der Waals surface area contributed by atoms with Crippen molar-refractivity contribution in [2.75, 3.05) is 37.7 Å². The Morgan fingerprint density at radius 2 is 1.67 bits per heavy atom. The summed E-state index contributed by atoms with van der Waals surface area (Å²) in [5, 5.41) is 20.5. The number of nitrogens with two attached hydrogens (primary N) is 1. The topological polar surface area (TPSA) is 174 Å². The number of thioether (sulfide) groups is 1. The van der Waals surface area contributed by atoms with Crippen LogP contribution >= 0.6 is 11.8 Å².